The number of amides is 1. The van der Waals surface area contributed by atoms with Crippen LogP contribution in [-0.4, -0.2) is 30.4 Å². The monoisotopic (exact) mass is 252 g/mol. The van der Waals surface area contributed by atoms with Gasteiger partial charge in [-0.1, -0.05) is 11.6 Å². The third-order valence-corrected chi connectivity index (χ3v) is 3.58. The molecule has 2 rings (SSSR count). The first-order valence-corrected chi connectivity index (χ1v) is 6.33. The van der Waals surface area contributed by atoms with Crippen LogP contribution in [0.25, 0.3) is 0 Å². The van der Waals surface area contributed by atoms with Gasteiger partial charge in [-0.25, -0.2) is 0 Å². The first kappa shape index (κ1) is 12.4. The van der Waals surface area contributed by atoms with Gasteiger partial charge in [0.25, 0.3) is 5.91 Å². The van der Waals surface area contributed by atoms with Crippen LogP contribution < -0.4 is 5.73 Å². The lowest BCUT2D eigenvalue weighted by Gasteiger charge is -2.31. The van der Waals surface area contributed by atoms with E-state index in [4.69, 9.17) is 17.3 Å². The minimum atomic E-state index is 0.0946. The van der Waals surface area contributed by atoms with Crippen LogP contribution in [0.2, 0.25) is 5.02 Å². The summed E-state index contributed by atoms with van der Waals surface area (Å²) in [6, 6.07) is 7.06. The van der Waals surface area contributed by atoms with Crippen LogP contribution in [-0.2, 0) is 0 Å². The summed E-state index contributed by atoms with van der Waals surface area (Å²) in [4.78, 5) is 14.1. The van der Waals surface area contributed by atoms with Gasteiger partial charge in [0.05, 0.1) is 0 Å². The van der Waals surface area contributed by atoms with E-state index in [1.807, 2.05) is 4.90 Å². The number of likely N-dealkylation sites (tertiary alicyclic amines) is 1. The van der Waals surface area contributed by atoms with Crippen LogP contribution in [0.15, 0.2) is 24.3 Å². The Bertz CT molecular complexity index is 383. The number of hydrogen-bond acceptors (Lipinski definition) is 2. The van der Waals surface area contributed by atoms with Crippen molar-refractivity contribution in [3.8, 4) is 0 Å². The van der Waals surface area contributed by atoms with E-state index >= 15 is 0 Å². The first-order valence-electron chi connectivity index (χ1n) is 5.95. The van der Waals surface area contributed by atoms with Gasteiger partial charge in [0.1, 0.15) is 0 Å². The zero-order valence-corrected chi connectivity index (χ0v) is 10.5. The van der Waals surface area contributed by atoms with Gasteiger partial charge in [-0.15, -0.1) is 0 Å². The molecule has 0 aliphatic carbocycles. The number of carbonyl (C=O) groups excluding carboxylic acids is 1. The molecule has 0 spiro atoms. The number of piperidine rings is 1. The maximum Gasteiger partial charge on any atom is 0.253 e. The quantitative estimate of drug-likeness (QED) is 0.877. The Hall–Kier alpha value is -1.06. The summed E-state index contributed by atoms with van der Waals surface area (Å²) in [6.07, 6.45) is 2.02. The molecule has 0 atom stereocenters. The molecule has 0 radical (unpaired) electrons. The van der Waals surface area contributed by atoms with E-state index in [1.165, 1.54) is 0 Å². The molecule has 0 saturated carbocycles. The van der Waals surface area contributed by atoms with Gasteiger partial charge in [0, 0.05) is 23.7 Å². The van der Waals surface area contributed by atoms with E-state index in [2.05, 4.69) is 0 Å². The zero-order valence-electron chi connectivity index (χ0n) is 9.73. The molecule has 4 heteroatoms. The smallest absolute Gasteiger partial charge is 0.253 e. The summed E-state index contributed by atoms with van der Waals surface area (Å²) in [5, 5.41) is 0.656. The van der Waals surface area contributed by atoms with Crippen molar-refractivity contribution in [1.29, 1.82) is 0 Å². The molecular weight excluding hydrogens is 236 g/mol. The maximum atomic E-state index is 12.2. The molecule has 17 heavy (non-hydrogen) atoms. The minimum absolute atomic E-state index is 0.0946. The molecule has 92 valence electrons. The molecule has 0 unspecified atom stereocenters. The van der Waals surface area contributed by atoms with Crippen LogP contribution >= 0.6 is 11.6 Å². The second-order valence-corrected chi connectivity index (χ2v) is 4.91. The van der Waals surface area contributed by atoms with Crippen LogP contribution in [0, 0.1) is 5.92 Å². The molecule has 1 aromatic carbocycles. The number of hydrogen-bond donors (Lipinski definition) is 1. The van der Waals surface area contributed by atoms with Crippen molar-refractivity contribution in [3.63, 3.8) is 0 Å². The zero-order chi connectivity index (χ0) is 12.3. The predicted molar refractivity (Wildman–Crippen MR) is 69.1 cm³/mol. The van der Waals surface area contributed by atoms with Crippen LogP contribution in [0.3, 0.4) is 0 Å². The molecule has 2 N–H and O–H groups in total. The minimum Gasteiger partial charge on any atom is -0.339 e. The average molecular weight is 253 g/mol. The summed E-state index contributed by atoms with van der Waals surface area (Å²) in [5.41, 5.74) is 6.34. The van der Waals surface area contributed by atoms with Gasteiger partial charge in [-0.05, 0) is 49.6 Å². The second kappa shape index (κ2) is 5.52. The maximum absolute atomic E-state index is 12.2. The number of nitrogens with zero attached hydrogens (tertiary/aromatic N) is 1. The van der Waals surface area contributed by atoms with Crippen molar-refractivity contribution in [1.82, 2.24) is 4.90 Å². The highest BCUT2D eigenvalue weighted by atomic mass is 35.5. The predicted octanol–water partition coefficient (Wildman–Crippen LogP) is 2.15. The van der Waals surface area contributed by atoms with E-state index in [0.29, 0.717) is 16.5 Å². The van der Waals surface area contributed by atoms with Crippen molar-refractivity contribution in [3.05, 3.63) is 34.9 Å². The Morgan fingerprint density at radius 2 is 1.88 bits per heavy atom. The van der Waals surface area contributed by atoms with Gasteiger partial charge in [-0.2, -0.15) is 0 Å². The van der Waals surface area contributed by atoms with Crippen molar-refractivity contribution in [2.24, 2.45) is 11.7 Å². The first-order chi connectivity index (χ1) is 8.20. The molecule has 3 nitrogen and oxygen atoms in total. The van der Waals surface area contributed by atoms with Crippen LogP contribution in [0.1, 0.15) is 23.2 Å². The summed E-state index contributed by atoms with van der Waals surface area (Å²) in [5.74, 6) is 0.668. The number of nitrogens with two attached hydrogens (primary N) is 1. The van der Waals surface area contributed by atoms with Gasteiger partial charge in [0.15, 0.2) is 0 Å². The van der Waals surface area contributed by atoms with Crippen molar-refractivity contribution < 1.29 is 4.79 Å². The number of halogens is 1. The molecule has 1 saturated heterocycles. The Morgan fingerprint density at radius 1 is 1.29 bits per heavy atom. The molecule has 1 fully saturated rings. The summed E-state index contributed by atoms with van der Waals surface area (Å²) in [7, 11) is 0. The molecule has 1 aliphatic rings. The lowest BCUT2D eigenvalue weighted by atomic mass is 9.96. The van der Waals surface area contributed by atoms with Gasteiger partial charge >= 0.3 is 0 Å². The van der Waals surface area contributed by atoms with Crippen LogP contribution in [0.5, 0.6) is 0 Å². The Labute approximate surface area is 107 Å². The van der Waals surface area contributed by atoms with Crippen molar-refractivity contribution in [2.75, 3.05) is 19.6 Å². The third-order valence-electron chi connectivity index (χ3n) is 3.33. The van der Waals surface area contributed by atoms with Crippen molar-refractivity contribution >= 4 is 17.5 Å². The average Bonchev–Trinajstić information content (AvgIpc) is 2.39. The lowest BCUT2D eigenvalue weighted by molar-refractivity contribution is 0.0693. The van der Waals surface area contributed by atoms with E-state index in [1.54, 1.807) is 24.3 Å². The fourth-order valence-corrected chi connectivity index (χ4v) is 2.27. The lowest BCUT2D eigenvalue weighted by Crippen LogP contribution is -2.40. The molecule has 1 aliphatic heterocycles. The summed E-state index contributed by atoms with van der Waals surface area (Å²) < 4.78 is 0. The fourth-order valence-electron chi connectivity index (χ4n) is 2.15. The van der Waals surface area contributed by atoms with Gasteiger partial charge in [0.2, 0.25) is 0 Å². The highest BCUT2D eigenvalue weighted by Gasteiger charge is 2.22. The summed E-state index contributed by atoms with van der Waals surface area (Å²) in [6.45, 7) is 2.34. The Kier molecular flexibility index (Phi) is 4.02. The Balaban J connectivity index is 1.99. The number of rotatable bonds is 2. The molecule has 1 heterocycles. The highest BCUT2D eigenvalue weighted by molar-refractivity contribution is 6.30. The summed E-state index contributed by atoms with van der Waals surface area (Å²) >= 11 is 5.80. The molecule has 0 aromatic heterocycles. The molecule has 1 aromatic rings. The van der Waals surface area contributed by atoms with E-state index < -0.39 is 0 Å². The van der Waals surface area contributed by atoms with Gasteiger partial charge < -0.3 is 10.6 Å². The number of benzene rings is 1. The molecular formula is C13H17ClN2O. The molecule has 0 bridgehead atoms. The van der Waals surface area contributed by atoms with Gasteiger partial charge in [-0.3, -0.25) is 4.79 Å². The van der Waals surface area contributed by atoms with Crippen LogP contribution in [0.4, 0.5) is 0 Å². The largest absolute Gasteiger partial charge is 0.339 e. The fraction of sp³-hybridized carbons (Fsp3) is 0.462. The topological polar surface area (TPSA) is 46.3 Å². The third kappa shape index (κ3) is 2.99. The molecule has 1 amide bonds. The highest BCUT2D eigenvalue weighted by Crippen LogP contribution is 2.18. The number of carbonyl (C=O) groups is 1. The SMILES string of the molecule is NCC1CCN(C(=O)c2ccc(Cl)cc2)CC1. The van der Waals surface area contributed by atoms with E-state index in [9.17, 15) is 4.79 Å². The Morgan fingerprint density at radius 3 is 2.41 bits per heavy atom. The van der Waals surface area contributed by atoms with Crippen molar-refractivity contribution in [2.45, 2.75) is 12.8 Å². The normalized spacial score (nSPS) is 17.2. The van der Waals surface area contributed by atoms with E-state index in [0.717, 1.165) is 32.5 Å². The second-order valence-electron chi connectivity index (χ2n) is 4.48. The standard InChI is InChI=1S/C13H17ClN2O/c14-12-3-1-11(2-4-12)13(17)16-7-5-10(9-15)6-8-16/h1-4,10H,5-9,15H2. The van der Waals surface area contributed by atoms with E-state index in [-0.39, 0.29) is 5.91 Å².